The SMILES string of the molecule is CN=C(NCc1ccccc1OCC1CC1)NC1CCN(C(=O)OC)CC1.I. The summed E-state index contributed by atoms with van der Waals surface area (Å²) in [6.07, 6.45) is 4.06. The molecule has 1 aromatic rings. The van der Waals surface area contributed by atoms with Crippen LogP contribution < -0.4 is 15.4 Å². The van der Waals surface area contributed by atoms with Gasteiger partial charge in [0.2, 0.25) is 0 Å². The molecule has 8 heteroatoms. The maximum atomic E-state index is 11.6. The maximum absolute atomic E-state index is 11.6. The second-order valence-electron chi connectivity index (χ2n) is 7.16. The van der Waals surface area contributed by atoms with Gasteiger partial charge in [-0.3, -0.25) is 4.99 Å². The molecule has 2 N–H and O–H groups in total. The number of carbonyl (C=O) groups is 1. The Morgan fingerprint density at radius 2 is 1.93 bits per heavy atom. The first-order valence-electron chi connectivity index (χ1n) is 9.70. The van der Waals surface area contributed by atoms with Crippen molar-refractivity contribution in [3.63, 3.8) is 0 Å². The van der Waals surface area contributed by atoms with Crippen molar-refractivity contribution in [2.24, 2.45) is 10.9 Å². The third-order valence-electron chi connectivity index (χ3n) is 5.08. The molecule has 156 valence electrons. The lowest BCUT2D eigenvalue weighted by Crippen LogP contribution is -2.49. The van der Waals surface area contributed by atoms with Gasteiger partial charge in [0, 0.05) is 38.3 Å². The summed E-state index contributed by atoms with van der Waals surface area (Å²) in [6, 6.07) is 8.43. The van der Waals surface area contributed by atoms with E-state index in [0.29, 0.717) is 25.7 Å². The third kappa shape index (κ3) is 6.72. The Kier molecular flexibility index (Phi) is 9.14. The van der Waals surface area contributed by atoms with Crippen LogP contribution in [0, 0.1) is 5.92 Å². The molecule has 1 aliphatic heterocycles. The third-order valence-corrected chi connectivity index (χ3v) is 5.08. The molecule has 1 aromatic carbocycles. The fourth-order valence-electron chi connectivity index (χ4n) is 3.19. The van der Waals surface area contributed by atoms with Gasteiger partial charge in [-0.05, 0) is 37.7 Å². The highest BCUT2D eigenvalue weighted by Gasteiger charge is 2.24. The Balaban J connectivity index is 0.00000280. The molecule has 1 saturated heterocycles. The number of methoxy groups -OCH3 is 1. The van der Waals surface area contributed by atoms with Crippen LogP contribution in [-0.4, -0.2) is 56.8 Å². The van der Waals surface area contributed by atoms with Crippen LogP contribution in [0.1, 0.15) is 31.2 Å². The number of likely N-dealkylation sites (tertiary alicyclic amines) is 1. The summed E-state index contributed by atoms with van der Waals surface area (Å²) in [5.41, 5.74) is 1.13. The smallest absolute Gasteiger partial charge is 0.409 e. The van der Waals surface area contributed by atoms with Gasteiger partial charge in [0.15, 0.2) is 5.96 Å². The van der Waals surface area contributed by atoms with Gasteiger partial charge < -0.3 is 25.0 Å². The second-order valence-corrected chi connectivity index (χ2v) is 7.16. The summed E-state index contributed by atoms with van der Waals surface area (Å²) in [5, 5.41) is 6.83. The second kappa shape index (κ2) is 11.3. The summed E-state index contributed by atoms with van der Waals surface area (Å²) in [7, 11) is 3.19. The van der Waals surface area contributed by atoms with Crippen molar-refractivity contribution < 1.29 is 14.3 Å². The van der Waals surface area contributed by atoms with E-state index in [1.54, 1.807) is 11.9 Å². The summed E-state index contributed by atoms with van der Waals surface area (Å²) >= 11 is 0. The molecule has 0 aromatic heterocycles. The van der Waals surface area contributed by atoms with E-state index in [4.69, 9.17) is 9.47 Å². The van der Waals surface area contributed by atoms with Crippen molar-refractivity contribution in [1.82, 2.24) is 15.5 Å². The lowest BCUT2D eigenvalue weighted by molar-refractivity contribution is 0.111. The molecule has 0 unspecified atom stereocenters. The number of nitrogens with zero attached hydrogens (tertiary/aromatic N) is 2. The first-order chi connectivity index (χ1) is 13.2. The highest BCUT2D eigenvalue weighted by molar-refractivity contribution is 14.0. The van der Waals surface area contributed by atoms with Crippen LogP contribution in [0.3, 0.4) is 0 Å². The topological polar surface area (TPSA) is 75.2 Å². The van der Waals surface area contributed by atoms with Gasteiger partial charge >= 0.3 is 6.09 Å². The molecule has 2 aliphatic rings. The molecule has 3 rings (SSSR count). The lowest BCUT2D eigenvalue weighted by Gasteiger charge is -2.32. The fourth-order valence-corrected chi connectivity index (χ4v) is 3.19. The molecule has 1 amide bonds. The van der Waals surface area contributed by atoms with E-state index in [0.717, 1.165) is 42.6 Å². The number of hydrogen-bond donors (Lipinski definition) is 2. The van der Waals surface area contributed by atoms with E-state index < -0.39 is 0 Å². The average molecular weight is 502 g/mol. The molecular formula is C20H31IN4O3. The molecule has 28 heavy (non-hydrogen) atoms. The molecule has 1 saturated carbocycles. The van der Waals surface area contributed by atoms with Gasteiger partial charge in [-0.1, -0.05) is 18.2 Å². The molecule has 0 bridgehead atoms. The molecule has 0 radical (unpaired) electrons. The zero-order valence-corrected chi connectivity index (χ0v) is 19.0. The number of halogens is 1. The van der Waals surface area contributed by atoms with Crippen LogP contribution in [0.25, 0.3) is 0 Å². The number of aliphatic imine (C=N–C) groups is 1. The number of para-hydroxylation sites is 1. The largest absolute Gasteiger partial charge is 0.493 e. The van der Waals surface area contributed by atoms with E-state index in [1.807, 2.05) is 18.2 Å². The van der Waals surface area contributed by atoms with E-state index in [-0.39, 0.29) is 30.1 Å². The van der Waals surface area contributed by atoms with Gasteiger partial charge in [-0.15, -0.1) is 24.0 Å². The number of rotatable bonds is 6. The molecule has 1 aliphatic carbocycles. The Morgan fingerprint density at radius 3 is 2.57 bits per heavy atom. The quantitative estimate of drug-likeness (QED) is 0.356. The predicted octanol–water partition coefficient (Wildman–Crippen LogP) is 2.99. The van der Waals surface area contributed by atoms with Crippen LogP contribution >= 0.6 is 24.0 Å². The highest BCUT2D eigenvalue weighted by atomic mass is 127. The number of guanidine groups is 1. The molecule has 0 spiro atoms. The first kappa shape index (κ1) is 22.6. The van der Waals surface area contributed by atoms with Crippen molar-refractivity contribution in [1.29, 1.82) is 0 Å². The van der Waals surface area contributed by atoms with Crippen LogP contribution in [0.5, 0.6) is 5.75 Å². The van der Waals surface area contributed by atoms with Crippen LogP contribution in [-0.2, 0) is 11.3 Å². The first-order valence-corrected chi connectivity index (χ1v) is 9.70. The van der Waals surface area contributed by atoms with E-state index in [1.165, 1.54) is 20.0 Å². The zero-order valence-electron chi connectivity index (χ0n) is 16.6. The summed E-state index contributed by atoms with van der Waals surface area (Å²) in [6.45, 7) is 2.85. The standard InChI is InChI=1S/C20H30N4O3.HI/c1-21-19(23-17-9-11-24(12-10-17)20(25)26-2)22-13-16-5-3-4-6-18(16)27-14-15-7-8-15;/h3-6,15,17H,7-14H2,1-2H3,(H2,21,22,23);1H. The summed E-state index contributed by atoms with van der Waals surface area (Å²) in [4.78, 5) is 17.6. The predicted molar refractivity (Wildman–Crippen MR) is 120 cm³/mol. The maximum Gasteiger partial charge on any atom is 0.409 e. The molecular weight excluding hydrogens is 471 g/mol. The number of hydrogen-bond acceptors (Lipinski definition) is 4. The summed E-state index contributed by atoms with van der Waals surface area (Å²) < 4.78 is 10.8. The number of benzene rings is 1. The molecule has 2 fully saturated rings. The minimum atomic E-state index is -0.251. The van der Waals surface area contributed by atoms with Crippen molar-refractivity contribution in [2.75, 3.05) is 33.9 Å². The van der Waals surface area contributed by atoms with E-state index in [9.17, 15) is 4.79 Å². The normalized spacial score (nSPS) is 17.5. The number of piperidine rings is 1. The molecule has 7 nitrogen and oxygen atoms in total. The summed E-state index contributed by atoms with van der Waals surface area (Å²) in [5.74, 6) is 2.44. The minimum Gasteiger partial charge on any atom is -0.493 e. The zero-order chi connectivity index (χ0) is 19.1. The monoisotopic (exact) mass is 502 g/mol. The fraction of sp³-hybridized carbons (Fsp3) is 0.600. The van der Waals surface area contributed by atoms with Gasteiger partial charge in [-0.25, -0.2) is 4.79 Å². The minimum absolute atomic E-state index is 0. The van der Waals surface area contributed by atoms with Crippen molar-refractivity contribution in [3.8, 4) is 5.75 Å². The van der Waals surface area contributed by atoms with Crippen molar-refractivity contribution in [3.05, 3.63) is 29.8 Å². The highest BCUT2D eigenvalue weighted by Crippen LogP contribution is 2.30. The Morgan fingerprint density at radius 1 is 1.21 bits per heavy atom. The Labute approximate surface area is 184 Å². The number of ether oxygens (including phenoxy) is 2. The van der Waals surface area contributed by atoms with Crippen molar-refractivity contribution >= 4 is 36.0 Å². The van der Waals surface area contributed by atoms with Gasteiger partial charge in [-0.2, -0.15) is 0 Å². The van der Waals surface area contributed by atoms with Crippen LogP contribution in [0.15, 0.2) is 29.3 Å². The van der Waals surface area contributed by atoms with Gasteiger partial charge in [0.05, 0.1) is 13.7 Å². The van der Waals surface area contributed by atoms with Crippen LogP contribution in [0.2, 0.25) is 0 Å². The van der Waals surface area contributed by atoms with Crippen molar-refractivity contribution in [2.45, 2.75) is 38.3 Å². The number of carbonyl (C=O) groups excluding carboxylic acids is 1. The number of nitrogens with one attached hydrogen (secondary N) is 2. The molecule has 1 heterocycles. The van der Waals surface area contributed by atoms with E-state index in [2.05, 4.69) is 21.7 Å². The lowest BCUT2D eigenvalue weighted by atomic mass is 10.1. The Bertz CT molecular complexity index is 659. The van der Waals surface area contributed by atoms with Gasteiger partial charge in [0.1, 0.15) is 5.75 Å². The van der Waals surface area contributed by atoms with Gasteiger partial charge in [0.25, 0.3) is 0 Å². The Hall–Kier alpha value is -1.71. The molecule has 0 atom stereocenters. The van der Waals surface area contributed by atoms with Crippen LogP contribution in [0.4, 0.5) is 4.79 Å². The average Bonchev–Trinajstić information content (AvgIpc) is 3.54. The van der Waals surface area contributed by atoms with E-state index >= 15 is 0 Å². The number of amides is 1.